The summed E-state index contributed by atoms with van der Waals surface area (Å²) in [6.07, 6.45) is 9.86. The molecule has 4 aromatic rings. The Morgan fingerprint density at radius 3 is 2.68 bits per heavy atom. The van der Waals surface area contributed by atoms with Crippen molar-refractivity contribution in [3.8, 4) is 11.1 Å². The van der Waals surface area contributed by atoms with Crippen LogP contribution in [0.2, 0.25) is 5.02 Å². The SMILES string of the molecule is C1CC1.CN(C)C(=O)c1c(F)c(Cl)c(-c2ccc3nc(NC=O)cn3c2)c2cn[nH]c12. The monoisotopic (exact) mass is 442 g/mol. The van der Waals surface area contributed by atoms with Crippen LogP contribution >= 0.6 is 11.6 Å². The van der Waals surface area contributed by atoms with E-state index in [-0.39, 0.29) is 16.1 Å². The molecule has 1 aromatic carbocycles. The van der Waals surface area contributed by atoms with Gasteiger partial charge in [-0.1, -0.05) is 30.9 Å². The summed E-state index contributed by atoms with van der Waals surface area (Å²) in [5.74, 6) is -0.958. The molecule has 10 heteroatoms. The summed E-state index contributed by atoms with van der Waals surface area (Å²) in [7, 11) is 3.06. The fraction of sp³-hybridized carbons (Fsp3) is 0.238. The van der Waals surface area contributed by atoms with Crippen molar-refractivity contribution in [2.75, 3.05) is 19.4 Å². The van der Waals surface area contributed by atoms with Crippen molar-refractivity contribution in [2.45, 2.75) is 19.3 Å². The minimum atomic E-state index is -0.818. The van der Waals surface area contributed by atoms with E-state index in [4.69, 9.17) is 11.6 Å². The molecule has 3 aromatic heterocycles. The Morgan fingerprint density at radius 2 is 2.03 bits per heavy atom. The molecule has 1 saturated carbocycles. The van der Waals surface area contributed by atoms with Crippen molar-refractivity contribution in [3.63, 3.8) is 0 Å². The lowest BCUT2D eigenvalue weighted by Gasteiger charge is -2.15. The minimum Gasteiger partial charge on any atom is -0.345 e. The molecule has 5 rings (SSSR count). The molecule has 0 radical (unpaired) electrons. The predicted octanol–water partition coefficient (Wildman–Crippen LogP) is 4.11. The van der Waals surface area contributed by atoms with Gasteiger partial charge in [0, 0.05) is 36.8 Å². The van der Waals surface area contributed by atoms with E-state index in [1.54, 1.807) is 28.9 Å². The van der Waals surface area contributed by atoms with E-state index in [0.717, 1.165) is 0 Å². The normalized spacial score (nSPS) is 12.4. The maximum atomic E-state index is 15.1. The molecule has 0 bridgehead atoms. The number of amides is 2. The summed E-state index contributed by atoms with van der Waals surface area (Å²) in [4.78, 5) is 28.6. The van der Waals surface area contributed by atoms with Gasteiger partial charge < -0.3 is 14.6 Å². The summed E-state index contributed by atoms with van der Waals surface area (Å²) >= 11 is 6.35. The lowest BCUT2D eigenvalue weighted by atomic mass is 9.99. The molecule has 2 amide bonds. The number of halogens is 2. The number of fused-ring (bicyclic) bond motifs is 2. The highest BCUT2D eigenvalue weighted by molar-refractivity contribution is 6.36. The number of anilines is 1. The Kier molecular flexibility index (Phi) is 5.60. The number of H-pyrrole nitrogens is 1. The predicted molar refractivity (Wildman–Crippen MR) is 117 cm³/mol. The quantitative estimate of drug-likeness (QED) is 0.465. The van der Waals surface area contributed by atoms with E-state index in [9.17, 15) is 9.59 Å². The molecular formula is C21H20ClFN6O2. The summed E-state index contributed by atoms with van der Waals surface area (Å²) in [5.41, 5.74) is 1.70. The Labute approximate surface area is 182 Å². The first-order chi connectivity index (χ1) is 14.9. The van der Waals surface area contributed by atoms with Crippen molar-refractivity contribution in [2.24, 2.45) is 0 Å². The molecule has 1 aliphatic carbocycles. The van der Waals surface area contributed by atoms with E-state index in [1.165, 1.54) is 44.5 Å². The third-order valence-corrected chi connectivity index (χ3v) is 5.07. The zero-order valence-corrected chi connectivity index (χ0v) is 17.7. The number of rotatable bonds is 4. The van der Waals surface area contributed by atoms with Crippen LogP contribution in [0.3, 0.4) is 0 Å². The first kappa shape index (κ1) is 20.8. The molecule has 0 unspecified atom stereocenters. The van der Waals surface area contributed by atoms with Crippen molar-refractivity contribution in [1.29, 1.82) is 0 Å². The van der Waals surface area contributed by atoms with Gasteiger partial charge in [0.2, 0.25) is 6.41 Å². The van der Waals surface area contributed by atoms with Crippen molar-refractivity contribution in [3.05, 3.63) is 47.1 Å². The number of carbonyl (C=O) groups is 2. The molecule has 160 valence electrons. The third-order valence-electron chi connectivity index (χ3n) is 4.71. The van der Waals surface area contributed by atoms with Gasteiger partial charge in [-0.05, 0) is 12.1 Å². The largest absolute Gasteiger partial charge is 0.345 e. The molecule has 0 spiro atoms. The van der Waals surface area contributed by atoms with Gasteiger partial charge in [0.05, 0.1) is 22.9 Å². The standard InChI is InChI=1S/C18H14ClFN6O2.C3H6/c1-25(2)18(28)14-16(20)15(19)13(10-5-22-24-17(10)14)9-3-4-12-23-11(21-8-27)7-26(12)6-9;1-2-3-1/h3-8H,1-2H3,(H,21,27)(H,22,24);1-3H2. The van der Waals surface area contributed by atoms with Gasteiger partial charge in [0.25, 0.3) is 5.91 Å². The molecule has 1 fully saturated rings. The number of benzene rings is 1. The van der Waals surface area contributed by atoms with Gasteiger partial charge in [-0.3, -0.25) is 14.7 Å². The fourth-order valence-electron chi connectivity index (χ4n) is 3.09. The smallest absolute Gasteiger partial charge is 0.258 e. The molecule has 0 aliphatic heterocycles. The minimum absolute atomic E-state index is 0.160. The number of aromatic amines is 1. The van der Waals surface area contributed by atoms with E-state index in [0.29, 0.717) is 34.4 Å². The van der Waals surface area contributed by atoms with Gasteiger partial charge in [0.15, 0.2) is 11.6 Å². The van der Waals surface area contributed by atoms with Crippen LogP contribution in [-0.2, 0) is 4.79 Å². The molecular weight excluding hydrogens is 423 g/mol. The molecule has 2 N–H and O–H groups in total. The number of nitrogens with zero attached hydrogens (tertiary/aromatic N) is 4. The number of pyridine rings is 1. The number of hydrogen-bond acceptors (Lipinski definition) is 4. The number of aromatic nitrogens is 4. The zero-order valence-electron chi connectivity index (χ0n) is 16.9. The fourth-order valence-corrected chi connectivity index (χ4v) is 3.40. The second kappa shape index (κ2) is 8.35. The number of hydrogen-bond donors (Lipinski definition) is 2. The highest BCUT2D eigenvalue weighted by Crippen LogP contribution is 2.39. The van der Waals surface area contributed by atoms with Crippen molar-refractivity contribution < 1.29 is 14.0 Å². The molecule has 0 saturated heterocycles. The Morgan fingerprint density at radius 1 is 1.29 bits per heavy atom. The Hall–Kier alpha value is -3.46. The number of carbonyl (C=O) groups excluding carboxylic acids is 2. The van der Waals surface area contributed by atoms with Crippen LogP contribution in [0.1, 0.15) is 29.6 Å². The highest BCUT2D eigenvalue weighted by Gasteiger charge is 2.26. The lowest BCUT2D eigenvalue weighted by molar-refractivity contribution is -0.105. The summed E-state index contributed by atoms with van der Waals surface area (Å²) < 4.78 is 16.8. The van der Waals surface area contributed by atoms with Crippen molar-refractivity contribution >= 4 is 46.3 Å². The van der Waals surface area contributed by atoms with Gasteiger partial charge in [-0.15, -0.1) is 0 Å². The lowest BCUT2D eigenvalue weighted by Crippen LogP contribution is -2.23. The van der Waals surface area contributed by atoms with E-state index in [1.807, 2.05) is 0 Å². The van der Waals surface area contributed by atoms with Crippen LogP contribution in [0.15, 0.2) is 30.7 Å². The first-order valence-electron chi connectivity index (χ1n) is 9.67. The van der Waals surface area contributed by atoms with E-state index < -0.39 is 11.7 Å². The van der Waals surface area contributed by atoms with Crippen LogP contribution in [0.25, 0.3) is 27.7 Å². The zero-order chi connectivity index (χ0) is 22.1. The van der Waals surface area contributed by atoms with Crippen LogP contribution in [0.4, 0.5) is 10.2 Å². The highest BCUT2D eigenvalue weighted by atomic mass is 35.5. The molecule has 0 atom stereocenters. The molecule has 1 aliphatic rings. The third kappa shape index (κ3) is 3.96. The molecule has 3 heterocycles. The van der Waals surface area contributed by atoms with Gasteiger partial charge in [-0.2, -0.15) is 5.10 Å². The summed E-state index contributed by atoms with van der Waals surface area (Å²) in [5, 5.41) is 9.49. The Balaban J connectivity index is 0.000000710. The average Bonchev–Trinajstić information content (AvgIpc) is 3.46. The molecule has 31 heavy (non-hydrogen) atoms. The number of imidazole rings is 1. The van der Waals surface area contributed by atoms with E-state index in [2.05, 4.69) is 20.5 Å². The number of nitrogens with one attached hydrogen (secondary N) is 2. The van der Waals surface area contributed by atoms with Crippen LogP contribution in [-0.4, -0.2) is 50.9 Å². The summed E-state index contributed by atoms with van der Waals surface area (Å²) in [6.45, 7) is 0. The topological polar surface area (TPSA) is 95.4 Å². The van der Waals surface area contributed by atoms with Gasteiger partial charge in [-0.25, -0.2) is 9.37 Å². The second-order valence-electron chi connectivity index (χ2n) is 7.37. The van der Waals surface area contributed by atoms with Crippen molar-refractivity contribution in [1.82, 2.24) is 24.5 Å². The Bertz CT molecular complexity index is 1290. The molecule has 8 nitrogen and oxygen atoms in total. The van der Waals surface area contributed by atoms with Crippen LogP contribution < -0.4 is 5.32 Å². The maximum absolute atomic E-state index is 15.1. The van der Waals surface area contributed by atoms with Gasteiger partial charge >= 0.3 is 0 Å². The second-order valence-corrected chi connectivity index (χ2v) is 7.75. The first-order valence-corrected chi connectivity index (χ1v) is 10.0. The van der Waals surface area contributed by atoms with Gasteiger partial charge in [0.1, 0.15) is 11.2 Å². The van der Waals surface area contributed by atoms with Crippen LogP contribution in [0, 0.1) is 5.82 Å². The maximum Gasteiger partial charge on any atom is 0.258 e. The van der Waals surface area contributed by atoms with Crippen LogP contribution in [0.5, 0.6) is 0 Å². The average molecular weight is 443 g/mol. The van der Waals surface area contributed by atoms with E-state index >= 15 is 4.39 Å². The summed E-state index contributed by atoms with van der Waals surface area (Å²) in [6, 6.07) is 3.44.